The van der Waals surface area contributed by atoms with Gasteiger partial charge in [0.05, 0.1) is 12.7 Å². The molecule has 4 rings (SSSR count). The van der Waals surface area contributed by atoms with Crippen LogP contribution in [0.1, 0.15) is 52.9 Å². The van der Waals surface area contributed by atoms with Gasteiger partial charge in [-0.05, 0) is 60.8 Å². The van der Waals surface area contributed by atoms with Crippen LogP contribution in [-0.2, 0) is 14.3 Å². The molecule has 0 radical (unpaired) electrons. The van der Waals surface area contributed by atoms with Crippen molar-refractivity contribution in [3.8, 4) is 0 Å². The van der Waals surface area contributed by atoms with Gasteiger partial charge in [-0.3, -0.25) is 9.59 Å². The van der Waals surface area contributed by atoms with Gasteiger partial charge in [-0.2, -0.15) is 0 Å². The molecule has 5 nitrogen and oxygen atoms in total. The summed E-state index contributed by atoms with van der Waals surface area (Å²) in [6, 6.07) is 0. The molecule has 1 saturated heterocycles. The quantitative estimate of drug-likeness (QED) is 0.585. The van der Waals surface area contributed by atoms with E-state index in [0.29, 0.717) is 12.3 Å². The average Bonchev–Trinajstić information content (AvgIpc) is 3.35. The summed E-state index contributed by atoms with van der Waals surface area (Å²) in [5.41, 5.74) is -0.0698. The Balaban J connectivity index is 1.66. The molecule has 5 heteroatoms. The van der Waals surface area contributed by atoms with Gasteiger partial charge in [0.1, 0.15) is 0 Å². The monoisotopic (exact) mass is 374 g/mol. The number of hydrogen-bond donors (Lipinski definition) is 2. The summed E-state index contributed by atoms with van der Waals surface area (Å²) in [6.07, 6.45) is 4.15. The zero-order valence-electron chi connectivity index (χ0n) is 16.5. The third-order valence-electron chi connectivity index (χ3n) is 8.20. The van der Waals surface area contributed by atoms with E-state index in [1.165, 1.54) is 6.08 Å². The topological polar surface area (TPSA) is 87.1 Å². The van der Waals surface area contributed by atoms with Crippen molar-refractivity contribution in [1.82, 2.24) is 0 Å². The number of rotatable bonds is 3. The number of carbonyl (C=O) groups excluding carboxylic acids is 2. The minimum Gasteiger partial charge on any atom is -0.393 e. The first-order valence-electron chi connectivity index (χ1n) is 10.0. The molecule has 0 aromatic heterocycles. The summed E-state index contributed by atoms with van der Waals surface area (Å²) in [7, 11) is 0. The van der Waals surface area contributed by atoms with E-state index in [-0.39, 0.29) is 40.0 Å². The van der Waals surface area contributed by atoms with Crippen LogP contribution in [-0.4, -0.2) is 46.2 Å². The molecule has 1 aliphatic heterocycles. The minimum absolute atomic E-state index is 0.0758. The predicted molar refractivity (Wildman–Crippen MR) is 99.9 cm³/mol. The van der Waals surface area contributed by atoms with E-state index >= 15 is 0 Å². The van der Waals surface area contributed by atoms with Crippen LogP contribution in [0.15, 0.2) is 23.8 Å². The fraction of sp³-hybridized carbons (Fsp3) is 0.727. The van der Waals surface area contributed by atoms with Crippen molar-refractivity contribution >= 4 is 11.6 Å². The van der Waals surface area contributed by atoms with Crippen LogP contribution in [0.5, 0.6) is 0 Å². The van der Waals surface area contributed by atoms with Crippen LogP contribution in [0.25, 0.3) is 0 Å². The van der Waals surface area contributed by atoms with Crippen molar-refractivity contribution in [2.45, 2.75) is 70.7 Å². The van der Waals surface area contributed by atoms with Gasteiger partial charge < -0.3 is 14.9 Å². The molecule has 0 amide bonds. The zero-order chi connectivity index (χ0) is 19.8. The summed E-state index contributed by atoms with van der Waals surface area (Å²) in [5.74, 6) is -0.0611. The summed E-state index contributed by atoms with van der Waals surface area (Å²) in [4.78, 5) is 25.2. The Hall–Kier alpha value is -1.30. The fourth-order valence-electron chi connectivity index (χ4n) is 6.37. The van der Waals surface area contributed by atoms with Crippen molar-refractivity contribution in [2.24, 2.45) is 22.7 Å². The zero-order valence-corrected chi connectivity index (χ0v) is 16.5. The van der Waals surface area contributed by atoms with Crippen LogP contribution in [0.4, 0.5) is 0 Å². The fourth-order valence-corrected chi connectivity index (χ4v) is 6.37. The molecule has 0 aromatic rings. The van der Waals surface area contributed by atoms with Crippen LogP contribution in [0, 0.1) is 22.7 Å². The second-order valence-corrected chi connectivity index (χ2v) is 9.83. The lowest BCUT2D eigenvalue weighted by Gasteiger charge is -2.59. The molecule has 148 valence electrons. The summed E-state index contributed by atoms with van der Waals surface area (Å²) < 4.78 is 5.72. The van der Waals surface area contributed by atoms with Crippen LogP contribution in [0.3, 0.4) is 0 Å². The third-order valence-corrected chi connectivity index (χ3v) is 8.20. The predicted octanol–water partition coefficient (Wildman–Crippen LogP) is 2.35. The maximum absolute atomic E-state index is 12.8. The Morgan fingerprint density at radius 3 is 2.63 bits per heavy atom. The van der Waals surface area contributed by atoms with Gasteiger partial charge >= 0.3 is 0 Å². The second-order valence-electron chi connectivity index (χ2n) is 9.83. The molecule has 2 N–H and O–H groups in total. The summed E-state index contributed by atoms with van der Waals surface area (Å²) in [6.45, 7) is 10.4. The highest BCUT2D eigenvalue weighted by Gasteiger charge is 2.69. The smallest absolute Gasteiger partial charge is 0.193 e. The molecular formula is C22H30O5. The number of Topliss-reactive ketones (excluding diaryl/α,β-unsaturated/α-hetero) is 1. The van der Waals surface area contributed by atoms with Gasteiger partial charge in [-0.1, -0.05) is 32.9 Å². The molecule has 4 aliphatic rings. The molecule has 3 fully saturated rings. The Kier molecular flexibility index (Phi) is 4.12. The molecule has 0 aromatic carbocycles. The number of aliphatic hydroxyl groups excluding tert-OH is 2. The van der Waals surface area contributed by atoms with Gasteiger partial charge in [0, 0.05) is 5.57 Å². The lowest BCUT2D eigenvalue weighted by molar-refractivity contribution is -0.133. The first-order valence-corrected chi connectivity index (χ1v) is 10.0. The van der Waals surface area contributed by atoms with Crippen molar-refractivity contribution in [2.75, 3.05) is 6.61 Å². The van der Waals surface area contributed by atoms with Gasteiger partial charge in [-0.25, -0.2) is 0 Å². The van der Waals surface area contributed by atoms with E-state index in [2.05, 4.69) is 27.4 Å². The molecule has 2 saturated carbocycles. The maximum atomic E-state index is 12.8. The van der Waals surface area contributed by atoms with E-state index < -0.39 is 18.3 Å². The molecule has 6 atom stereocenters. The highest BCUT2D eigenvalue weighted by atomic mass is 16.6. The van der Waals surface area contributed by atoms with Gasteiger partial charge in [-0.15, -0.1) is 0 Å². The number of fused-ring (bicyclic) bond motifs is 2. The molecule has 0 bridgehead atoms. The lowest BCUT2D eigenvalue weighted by atomic mass is 9.46. The number of ether oxygens (including phenoxy) is 1. The minimum atomic E-state index is -1.07. The first-order chi connectivity index (χ1) is 12.6. The Morgan fingerprint density at radius 1 is 1.26 bits per heavy atom. The number of hydrogen-bond acceptors (Lipinski definition) is 5. The molecule has 1 heterocycles. The van der Waals surface area contributed by atoms with Gasteiger partial charge in [0.15, 0.2) is 23.3 Å². The number of ketones is 2. The van der Waals surface area contributed by atoms with E-state index in [1.54, 1.807) is 0 Å². The molecule has 3 aliphatic carbocycles. The van der Waals surface area contributed by atoms with Crippen molar-refractivity contribution in [3.05, 3.63) is 23.8 Å². The van der Waals surface area contributed by atoms with Crippen molar-refractivity contribution in [1.29, 1.82) is 0 Å². The molecular weight excluding hydrogens is 344 g/mol. The standard InChI is InChI=1S/C22H30O5/c1-12-5-6-15-20(2,3)16(24)7-8-21(15,4)14(12)10-22-17(25)9-13(11-23)18(26)19(22)27-22/h9,14-16,19,23-24H,1,5-8,10-11H2,2-4H3/t14-,15-,16+,19+,21+,22-/m0/s1. The Labute approximate surface area is 160 Å². The molecule has 0 spiro atoms. The van der Waals surface area contributed by atoms with Gasteiger partial charge in [0.25, 0.3) is 0 Å². The van der Waals surface area contributed by atoms with Crippen LogP contribution in [0.2, 0.25) is 0 Å². The van der Waals surface area contributed by atoms with Gasteiger partial charge in [0.2, 0.25) is 0 Å². The first kappa shape index (κ1) is 19.0. The van der Waals surface area contributed by atoms with E-state index in [0.717, 1.165) is 31.3 Å². The summed E-state index contributed by atoms with van der Waals surface area (Å²) in [5, 5.41) is 19.9. The van der Waals surface area contributed by atoms with E-state index in [1.807, 2.05) is 0 Å². The second kappa shape index (κ2) is 5.85. The Morgan fingerprint density at radius 2 is 1.96 bits per heavy atom. The number of aliphatic hydroxyl groups is 2. The number of carbonyl (C=O) groups is 2. The van der Waals surface area contributed by atoms with Crippen molar-refractivity contribution in [3.63, 3.8) is 0 Å². The maximum Gasteiger partial charge on any atom is 0.193 e. The SMILES string of the molecule is C=C1CC[C@H]2C(C)(C)[C@H](O)CC[C@]2(C)[C@H]1C[C@@]12O[C@@H]1C(=O)C(CO)=CC2=O. The van der Waals surface area contributed by atoms with E-state index in [4.69, 9.17) is 4.74 Å². The van der Waals surface area contributed by atoms with Crippen LogP contribution < -0.4 is 0 Å². The van der Waals surface area contributed by atoms with Crippen LogP contribution >= 0.6 is 0 Å². The normalized spacial score (nSPS) is 45.8. The largest absolute Gasteiger partial charge is 0.393 e. The highest BCUT2D eigenvalue weighted by molar-refractivity contribution is 6.18. The lowest BCUT2D eigenvalue weighted by Crippen LogP contribution is -2.55. The molecule has 27 heavy (non-hydrogen) atoms. The van der Waals surface area contributed by atoms with Crippen molar-refractivity contribution < 1.29 is 24.5 Å². The highest BCUT2D eigenvalue weighted by Crippen LogP contribution is 2.64. The Bertz CT molecular complexity index is 750. The summed E-state index contributed by atoms with van der Waals surface area (Å²) >= 11 is 0. The number of allylic oxidation sites excluding steroid dienone is 1. The average molecular weight is 374 g/mol. The third kappa shape index (κ3) is 2.48. The molecule has 0 unspecified atom stereocenters. The number of epoxide rings is 1. The van der Waals surface area contributed by atoms with E-state index in [9.17, 15) is 19.8 Å².